The molecule has 3 rings (SSSR count). The number of nitrogens with zero attached hydrogens (tertiary/aromatic N) is 4. The molecular formula is C26H26N4O4. The number of azo groups is 1. The van der Waals surface area contributed by atoms with Gasteiger partial charge in [-0.25, -0.2) is 4.79 Å². The van der Waals surface area contributed by atoms with Gasteiger partial charge in [-0.1, -0.05) is 30.3 Å². The van der Waals surface area contributed by atoms with E-state index < -0.39 is 12.0 Å². The van der Waals surface area contributed by atoms with Crippen molar-refractivity contribution in [2.24, 2.45) is 15.3 Å². The summed E-state index contributed by atoms with van der Waals surface area (Å²) in [6.07, 6.45) is 1.53. The highest BCUT2D eigenvalue weighted by molar-refractivity contribution is 5.97. The van der Waals surface area contributed by atoms with E-state index in [2.05, 4.69) is 15.3 Å². The van der Waals surface area contributed by atoms with Crippen LogP contribution in [0.5, 0.6) is 5.75 Å². The van der Waals surface area contributed by atoms with Gasteiger partial charge in [0.15, 0.2) is 5.75 Å². The smallest absolute Gasteiger partial charge is 0.335 e. The van der Waals surface area contributed by atoms with Crippen LogP contribution in [0.3, 0.4) is 0 Å². The first-order valence-corrected chi connectivity index (χ1v) is 10.7. The Bertz CT molecular complexity index is 1280. The topological polar surface area (TPSA) is 115 Å². The number of hydrogen-bond donors (Lipinski definition) is 2. The largest absolute Gasteiger partial charge is 0.505 e. The maximum atomic E-state index is 13.1. The summed E-state index contributed by atoms with van der Waals surface area (Å²) in [6, 6.07) is 15.9. The summed E-state index contributed by atoms with van der Waals surface area (Å²) in [6.45, 7) is 7.27. The normalized spacial score (nSPS) is 12.2. The van der Waals surface area contributed by atoms with E-state index in [9.17, 15) is 19.8 Å². The van der Waals surface area contributed by atoms with Crippen LogP contribution in [0.1, 0.15) is 35.3 Å². The van der Waals surface area contributed by atoms with Gasteiger partial charge in [0.2, 0.25) is 0 Å². The second-order valence-corrected chi connectivity index (χ2v) is 7.74. The third-order valence-corrected chi connectivity index (χ3v) is 5.31. The van der Waals surface area contributed by atoms with Crippen molar-refractivity contribution in [3.63, 3.8) is 0 Å². The molecule has 3 aromatic rings. The van der Waals surface area contributed by atoms with Gasteiger partial charge in [0.1, 0.15) is 11.7 Å². The molecule has 34 heavy (non-hydrogen) atoms. The molecule has 3 aromatic carbocycles. The predicted molar refractivity (Wildman–Crippen MR) is 132 cm³/mol. The van der Waals surface area contributed by atoms with Gasteiger partial charge in [-0.3, -0.25) is 4.79 Å². The maximum Gasteiger partial charge on any atom is 0.335 e. The third-order valence-electron chi connectivity index (χ3n) is 5.31. The second kappa shape index (κ2) is 10.5. The van der Waals surface area contributed by atoms with E-state index in [0.29, 0.717) is 16.8 Å². The van der Waals surface area contributed by atoms with E-state index in [-0.39, 0.29) is 22.9 Å². The lowest BCUT2D eigenvalue weighted by atomic mass is 10.0. The fourth-order valence-electron chi connectivity index (χ4n) is 3.26. The van der Waals surface area contributed by atoms with Crippen LogP contribution in [0.15, 0.2) is 76.0 Å². The first-order valence-electron chi connectivity index (χ1n) is 10.7. The maximum absolute atomic E-state index is 13.1. The number of benzene rings is 3. The molecule has 0 fully saturated rings. The van der Waals surface area contributed by atoms with Crippen LogP contribution < -0.4 is 5.01 Å². The minimum Gasteiger partial charge on any atom is -0.505 e. The predicted octanol–water partition coefficient (Wildman–Crippen LogP) is 5.89. The Morgan fingerprint density at radius 2 is 1.74 bits per heavy atom. The summed E-state index contributed by atoms with van der Waals surface area (Å²) in [5, 5.41) is 33.6. The van der Waals surface area contributed by atoms with Crippen molar-refractivity contribution in [2.75, 3.05) is 5.01 Å². The van der Waals surface area contributed by atoms with Crippen LogP contribution in [0, 0.1) is 13.8 Å². The molecule has 0 aromatic heterocycles. The van der Waals surface area contributed by atoms with E-state index >= 15 is 0 Å². The first-order chi connectivity index (χ1) is 16.2. The monoisotopic (exact) mass is 458 g/mol. The zero-order chi connectivity index (χ0) is 24.8. The van der Waals surface area contributed by atoms with Crippen molar-refractivity contribution >= 4 is 29.5 Å². The molecule has 8 nitrogen and oxygen atoms in total. The zero-order valence-corrected chi connectivity index (χ0v) is 19.4. The Balaban J connectivity index is 1.87. The molecular weight excluding hydrogens is 432 g/mol. The lowest BCUT2D eigenvalue weighted by Gasteiger charge is -2.19. The van der Waals surface area contributed by atoms with Gasteiger partial charge in [0, 0.05) is 11.8 Å². The summed E-state index contributed by atoms with van der Waals surface area (Å²) in [7, 11) is 0. The van der Waals surface area contributed by atoms with Crippen molar-refractivity contribution in [1.82, 2.24) is 0 Å². The summed E-state index contributed by atoms with van der Waals surface area (Å²) < 4.78 is 0. The number of carboxylic acid groups (broad SMARTS) is 1. The fraction of sp³-hybridized carbons (Fsp3) is 0.192. The zero-order valence-electron chi connectivity index (χ0n) is 19.4. The van der Waals surface area contributed by atoms with E-state index in [0.717, 1.165) is 11.1 Å². The number of rotatable bonds is 7. The average molecular weight is 459 g/mol. The molecule has 0 aliphatic carbocycles. The number of carboxylic acids is 1. The Morgan fingerprint density at radius 3 is 2.41 bits per heavy atom. The quantitative estimate of drug-likeness (QED) is 0.261. The number of amides is 1. The number of aryl methyl sites for hydroxylation is 2. The summed E-state index contributed by atoms with van der Waals surface area (Å²) in [5.41, 5.74) is 3.96. The lowest BCUT2D eigenvalue weighted by molar-refractivity contribution is -0.119. The number of carbonyl (C=O) groups excluding carboxylic acids is 1. The highest BCUT2D eigenvalue weighted by Gasteiger charge is 2.22. The van der Waals surface area contributed by atoms with Crippen molar-refractivity contribution in [3.8, 4) is 16.9 Å². The highest BCUT2D eigenvalue weighted by Crippen LogP contribution is 2.37. The Morgan fingerprint density at radius 1 is 1.00 bits per heavy atom. The number of hydrazone groups is 1. The van der Waals surface area contributed by atoms with E-state index in [1.165, 1.54) is 23.4 Å². The van der Waals surface area contributed by atoms with Gasteiger partial charge in [-0.15, -0.1) is 0 Å². The Kier molecular flexibility index (Phi) is 7.53. The minimum absolute atomic E-state index is 0.103. The van der Waals surface area contributed by atoms with Gasteiger partial charge in [-0.2, -0.15) is 20.3 Å². The van der Waals surface area contributed by atoms with Crippen molar-refractivity contribution < 1.29 is 19.8 Å². The first kappa shape index (κ1) is 24.3. The van der Waals surface area contributed by atoms with Crippen molar-refractivity contribution in [1.29, 1.82) is 0 Å². The van der Waals surface area contributed by atoms with E-state index in [1.807, 2.05) is 32.0 Å². The highest BCUT2D eigenvalue weighted by atomic mass is 16.4. The summed E-state index contributed by atoms with van der Waals surface area (Å²) in [4.78, 5) is 24.3. The fourth-order valence-corrected chi connectivity index (χ4v) is 3.26. The van der Waals surface area contributed by atoms with E-state index in [4.69, 9.17) is 0 Å². The minimum atomic E-state index is -1.06. The van der Waals surface area contributed by atoms with Gasteiger partial charge in [0.05, 0.1) is 11.3 Å². The summed E-state index contributed by atoms with van der Waals surface area (Å²) in [5.74, 6) is -1.60. The number of aromatic hydroxyl groups is 1. The molecule has 0 saturated heterocycles. The second-order valence-electron chi connectivity index (χ2n) is 7.74. The SMILES string of the molecule is CC=NN(C(=O)C(C)N=Nc1cccc(-c2cccc(C(=O)O)c2)c1O)c1ccc(C)c(C)c1. The van der Waals surface area contributed by atoms with Crippen molar-refractivity contribution in [2.45, 2.75) is 33.7 Å². The molecule has 1 amide bonds. The molecule has 0 radical (unpaired) electrons. The van der Waals surface area contributed by atoms with Crippen LogP contribution in [-0.4, -0.2) is 34.3 Å². The molecule has 0 saturated carbocycles. The standard InChI is InChI=1S/C26H26N4O4/c1-5-27-30(21-13-12-16(2)17(3)14-21)25(32)18(4)28-29-23-11-7-10-22(24(23)31)19-8-6-9-20(15-19)26(33)34/h5-15,18,31H,1-4H3,(H,33,34). The van der Waals surface area contributed by atoms with E-state index in [1.54, 1.807) is 44.2 Å². The Labute approximate surface area is 197 Å². The summed E-state index contributed by atoms with van der Waals surface area (Å²) >= 11 is 0. The molecule has 2 N–H and O–H groups in total. The van der Waals surface area contributed by atoms with Crippen LogP contribution in [0.2, 0.25) is 0 Å². The average Bonchev–Trinajstić information content (AvgIpc) is 2.83. The molecule has 0 bridgehead atoms. The van der Waals surface area contributed by atoms with Gasteiger partial charge < -0.3 is 10.2 Å². The molecule has 0 aliphatic heterocycles. The van der Waals surface area contributed by atoms with Crippen LogP contribution in [0.25, 0.3) is 11.1 Å². The van der Waals surface area contributed by atoms with Crippen LogP contribution in [0.4, 0.5) is 11.4 Å². The van der Waals surface area contributed by atoms with Crippen molar-refractivity contribution in [3.05, 3.63) is 77.4 Å². The lowest BCUT2D eigenvalue weighted by Crippen LogP contribution is -2.33. The molecule has 0 heterocycles. The molecule has 8 heteroatoms. The third kappa shape index (κ3) is 5.35. The Hall–Kier alpha value is -4.33. The number of anilines is 1. The van der Waals surface area contributed by atoms with Crippen LogP contribution >= 0.6 is 0 Å². The molecule has 174 valence electrons. The van der Waals surface area contributed by atoms with Gasteiger partial charge >= 0.3 is 5.97 Å². The van der Waals surface area contributed by atoms with Gasteiger partial charge in [-0.05, 0) is 74.7 Å². The number of phenols is 1. The van der Waals surface area contributed by atoms with Gasteiger partial charge in [0.25, 0.3) is 5.91 Å². The molecule has 1 unspecified atom stereocenters. The number of hydrogen-bond acceptors (Lipinski definition) is 6. The molecule has 0 spiro atoms. The number of phenolic OH excluding ortho intramolecular Hbond substituents is 1. The van der Waals surface area contributed by atoms with Crippen LogP contribution in [-0.2, 0) is 4.79 Å². The number of aromatic carboxylic acids is 1. The molecule has 1 atom stereocenters. The number of para-hydroxylation sites is 1. The molecule has 0 aliphatic rings. The number of carbonyl (C=O) groups is 2.